The Balaban J connectivity index is 1.37. The third-order valence-electron chi connectivity index (χ3n) is 5.44. The number of nitrogens with zero attached hydrogens (tertiary/aromatic N) is 4. The molecule has 2 aromatic rings. The first-order valence-electron chi connectivity index (χ1n) is 9.26. The summed E-state index contributed by atoms with van der Waals surface area (Å²) >= 11 is 0. The number of hydrogen-bond acceptors (Lipinski definition) is 4. The van der Waals surface area contributed by atoms with Crippen LogP contribution in [0.4, 0.5) is 0 Å². The number of aromatic nitrogens is 3. The quantitative estimate of drug-likeness (QED) is 0.908. The number of carbonyl (C=O) groups excluding carboxylic acids is 1. The van der Waals surface area contributed by atoms with E-state index in [1.54, 1.807) is 24.5 Å². The van der Waals surface area contributed by atoms with Crippen molar-refractivity contribution in [3.05, 3.63) is 48.0 Å². The van der Waals surface area contributed by atoms with Crippen LogP contribution in [0, 0.1) is 0 Å². The lowest BCUT2D eigenvalue weighted by molar-refractivity contribution is 0.0939. The molecule has 1 saturated carbocycles. The van der Waals surface area contributed by atoms with Gasteiger partial charge in [0.25, 0.3) is 5.91 Å². The van der Waals surface area contributed by atoms with Crippen molar-refractivity contribution in [1.29, 1.82) is 0 Å². The first-order chi connectivity index (χ1) is 12.3. The number of carbonyl (C=O) groups is 1. The van der Waals surface area contributed by atoms with Crippen LogP contribution in [0.1, 0.15) is 54.2 Å². The maximum absolute atomic E-state index is 12.2. The Hall–Kier alpha value is -2.21. The van der Waals surface area contributed by atoms with Gasteiger partial charge < -0.3 is 5.32 Å². The minimum absolute atomic E-state index is 0.0581. The molecular weight excluding hydrogens is 314 g/mol. The SMILES string of the molecule is O=C(NCCC1CN(C2CCCC2)Cc2ccnn21)c1cccnc1. The molecule has 0 bridgehead atoms. The molecule has 1 unspecified atom stereocenters. The van der Waals surface area contributed by atoms with E-state index < -0.39 is 0 Å². The molecule has 4 rings (SSSR count). The zero-order valence-electron chi connectivity index (χ0n) is 14.5. The zero-order chi connectivity index (χ0) is 17.1. The van der Waals surface area contributed by atoms with Crippen molar-refractivity contribution in [3.8, 4) is 0 Å². The molecule has 1 atom stereocenters. The van der Waals surface area contributed by atoms with E-state index >= 15 is 0 Å². The minimum atomic E-state index is -0.0581. The van der Waals surface area contributed by atoms with Crippen molar-refractivity contribution in [2.24, 2.45) is 0 Å². The Morgan fingerprint density at radius 1 is 1.24 bits per heavy atom. The van der Waals surface area contributed by atoms with Gasteiger partial charge in [0.15, 0.2) is 0 Å². The number of rotatable bonds is 5. The normalized spacial score (nSPS) is 21.2. The minimum Gasteiger partial charge on any atom is -0.352 e. The fraction of sp³-hybridized carbons (Fsp3) is 0.526. The van der Waals surface area contributed by atoms with Crippen molar-refractivity contribution in [2.75, 3.05) is 13.1 Å². The fourth-order valence-corrected chi connectivity index (χ4v) is 4.13. The monoisotopic (exact) mass is 339 g/mol. The zero-order valence-corrected chi connectivity index (χ0v) is 14.5. The Kier molecular flexibility index (Phi) is 4.78. The number of fused-ring (bicyclic) bond motifs is 1. The van der Waals surface area contributed by atoms with Crippen LogP contribution >= 0.6 is 0 Å². The number of hydrogen-bond donors (Lipinski definition) is 1. The van der Waals surface area contributed by atoms with Crippen LogP contribution in [0.5, 0.6) is 0 Å². The van der Waals surface area contributed by atoms with E-state index in [0.717, 1.165) is 25.6 Å². The van der Waals surface area contributed by atoms with E-state index in [-0.39, 0.29) is 5.91 Å². The van der Waals surface area contributed by atoms with Gasteiger partial charge in [0, 0.05) is 44.3 Å². The molecule has 0 radical (unpaired) electrons. The molecule has 1 aliphatic carbocycles. The van der Waals surface area contributed by atoms with Crippen LogP contribution < -0.4 is 5.32 Å². The second kappa shape index (κ2) is 7.35. The van der Waals surface area contributed by atoms with Crippen molar-refractivity contribution in [3.63, 3.8) is 0 Å². The lowest BCUT2D eigenvalue weighted by atomic mass is 10.1. The summed E-state index contributed by atoms with van der Waals surface area (Å²) in [5, 5.41) is 7.54. The summed E-state index contributed by atoms with van der Waals surface area (Å²) in [6, 6.07) is 6.74. The summed E-state index contributed by atoms with van der Waals surface area (Å²) < 4.78 is 2.15. The molecule has 2 aromatic heterocycles. The maximum Gasteiger partial charge on any atom is 0.252 e. The summed E-state index contributed by atoms with van der Waals surface area (Å²) in [6.45, 7) is 2.68. The van der Waals surface area contributed by atoms with Crippen molar-refractivity contribution in [1.82, 2.24) is 25.0 Å². The van der Waals surface area contributed by atoms with E-state index in [0.29, 0.717) is 18.2 Å². The molecule has 1 aliphatic heterocycles. The van der Waals surface area contributed by atoms with Crippen molar-refractivity contribution < 1.29 is 4.79 Å². The summed E-state index contributed by atoms with van der Waals surface area (Å²) in [5.41, 5.74) is 1.90. The van der Waals surface area contributed by atoms with E-state index in [4.69, 9.17) is 0 Å². The molecule has 1 fully saturated rings. The first-order valence-corrected chi connectivity index (χ1v) is 9.26. The fourth-order valence-electron chi connectivity index (χ4n) is 4.13. The van der Waals surface area contributed by atoms with Gasteiger partial charge in [-0.2, -0.15) is 5.10 Å². The van der Waals surface area contributed by atoms with Crippen LogP contribution in [0.3, 0.4) is 0 Å². The summed E-state index contributed by atoms with van der Waals surface area (Å²) in [4.78, 5) is 18.8. The highest BCUT2D eigenvalue weighted by Gasteiger charge is 2.31. The maximum atomic E-state index is 12.2. The van der Waals surface area contributed by atoms with Crippen molar-refractivity contribution >= 4 is 5.91 Å². The van der Waals surface area contributed by atoms with E-state index in [1.807, 2.05) is 6.20 Å². The number of amides is 1. The van der Waals surface area contributed by atoms with Gasteiger partial charge in [0.2, 0.25) is 0 Å². The van der Waals surface area contributed by atoms with Crippen LogP contribution in [-0.2, 0) is 6.54 Å². The highest BCUT2D eigenvalue weighted by Crippen LogP contribution is 2.30. The Bertz CT molecular complexity index is 708. The summed E-state index contributed by atoms with van der Waals surface area (Å²) in [5.74, 6) is -0.0581. The Morgan fingerprint density at radius 2 is 2.12 bits per heavy atom. The average Bonchev–Trinajstić information content (AvgIpc) is 3.33. The first kappa shape index (κ1) is 16.3. The summed E-state index contributed by atoms with van der Waals surface area (Å²) in [6.07, 6.45) is 11.4. The molecule has 0 aromatic carbocycles. The number of pyridine rings is 1. The smallest absolute Gasteiger partial charge is 0.252 e. The van der Waals surface area contributed by atoms with Gasteiger partial charge in [-0.25, -0.2) is 0 Å². The van der Waals surface area contributed by atoms with Crippen LogP contribution in [0.15, 0.2) is 36.8 Å². The highest BCUT2D eigenvalue weighted by molar-refractivity contribution is 5.93. The number of nitrogens with one attached hydrogen (secondary N) is 1. The molecule has 6 heteroatoms. The molecule has 6 nitrogen and oxygen atoms in total. The van der Waals surface area contributed by atoms with E-state index in [1.165, 1.54) is 31.4 Å². The third-order valence-corrected chi connectivity index (χ3v) is 5.44. The van der Waals surface area contributed by atoms with Crippen LogP contribution in [0.25, 0.3) is 0 Å². The Labute approximate surface area is 148 Å². The molecule has 132 valence electrons. The Morgan fingerprint density at radius 3 is 2.92 bits per heavy atom. The van der Waals surface area contributed by atoms with E-state index in [9.17, 15) is 4.79 Å². The van der Waals surface area contributed by atoms with E-state index in [2.05, 4.69) is 31.0 Å². The molecule has 0 saturated heterocycles. The van der Waals surface area contributed by atoms with Gasteiger partial charge in [-0.3, -0.25) is 19.4 Å². The topological polar surface area (TPSA) is 63.1 Å². The second-order valence-corrected chi connectivity index (χ2v) is 7.07. The van der Waals surface area contributed by atoms with Gasteiger partial charge in [0.05, 0.1) is 17.3 Å². The molecule has 1 amide bonds. The second-order valence-electron chi connectivity index (χ2n) is 7.07. The summed E-state index contributed by atoms with van der Waals surface area (Å²) in [7, 11) is 0. The molecule has 3 heterocycles. The molecule has 25 heavy (non-hydrogen) atoms. The van der Waals surface area contributed by atoms with Crippen LogP contribution in [-0.4, -0.2) is 44.7 Å². The van der Waals surface area contributed by atoms with Crippen molar-refractivity contribution in [2.45, 2.75) is 50.7 Å². The van der Waals surface area contributed by atoms with Crippen LogP contribution in [0.2, 0.25) is 0 Å². The van der Waals surface area contributed by atoms with Gasteiger partial charge >= 0.3 is 0 Å². The van der Waals surface area contributed by atoms with Gasteiger partial charge in [0.1, 0.15) is 0 Å². The lowest BCUT2D eigenvalue weighted by Crippen LogP contribution is -2.43. The molecule has 2 aliphatic rings. The largest absolute Gasteiger partial charge is 0.352 e. The average molecular weight is 339 g/mol. The highest BCUT2D eigenvalue weighted by atomic mass is 16.1. The standard InChI is InChI=1S/C19H25N5O/c25-19(15-4-3-9-20-12-15)21-10-7-17-13-23(16-5-1-2-6-16)14-18-8-11-22-24(17)18/h3-4,8-9,11-12,16-17H,1-2,5-7,10,13-14H2,(H,21,25). The molecular formula is C19H25N5O. The van der Waals surface area contributed by atoms with Gasteiger partial charge in [-0.1, -0.05) is 12.8 Å². The predicted octanol–water partition coefficient (Wildman–Crippen LogP) is 2.40. The van der Waals surface area contributed by atoms with Gasteiger partial charge in [-0.05, 0) is 37.5 Å². The lowest BCUT2D eigenvalue weighted by Gasteiger charge is -2.37. The molecule has 0 spiro atoms. The molecule has 1 N–H and O–H groups in total. The van der Waals surface area contributed by atoms with Gasteiger partial charge in [-0.15, -0.1) is 0 Å². The predicted molar refractivity (Wildman–Crippen MR) is 95.1 cm³/mol. The third kappa shape index (κ3) is 3.58.